The summed E-state index contributed by atoms with van der Waals surface area (Å²) in [7, 11) is -9.91. The van der Waals surface area contributed by atoms with Crippen LogP contribution in [0.25, 0.3) is 0 Å². The van der Waals surface area contributed by atoms with Gasteiger partial charge in [0.05, 0.1) is 26.4 Å². The zero-order valence-corrected chi connectivity index (χ0v) is 64.8. The first kappa shape index (κ1) is 94.1. The fourth-order valence-electron chi connectivity index (χ4n) is 11.6. The molecule has 0 saturated heterocycles. The van der Waals surface area contributed by atoms with Crippen molar-refractivity contribution in [3.8, 4) is 0 Å². The van der Waals surface area contributed by atoms with E-state index >= 15 is 0 Å². The molecule has 3 N–H and O–H groups in total. The van der Waals surface area contributed by atoms with Gasteiger partial charge in [-0.05, 0) is 49.4 Å². The number of esters is 4. The maximum atomic E-state index is 13.1. The molecule has 19 heteroatoms. The summed E-state index contributed by atoms with van der Waals surface area (Å²) >= 11 is 0. The molecule has 0 fully saturated rings. The average Bonchev–Trinajstić information content (AvgIpc) is 1.73. The van der Waals surface area contributed by atoms with Crippen LogP contribution >= 0.6 is 15.6 Å². The third-order valence-corrected chi connectivity index (χ3v) is 20.8. The van der Waals surface area contributed by atoms with E-state index < -0.39 is 97.5 Å². The van der Waals surface area contributed by atoms with E-state index in [0.29, 0.717) is 31.6 Å². The standard InChI is InChI=1S/C77H150O17P2/c1-9-68(6)54-46-38-30-24-20-18-16-14-12-13-15-17-19-21-26-32-43-51-59-76(81)93-72(63-87-74(79)57-49-41-34-28-29-37-45-53-67(4)5)65-91-95(83,84)89-61-71(78)62-90-96(85,86)92-66-73(64-88-75(80)58-50-42-36-35-40-48-56-70(8)11-3)94-77(82)60-52-44-33-27-23-22-25-31-39-47-55-69(7)10-2/h67-73,78H,9-66H2,1-8H3,(H,83,84)(H,85,86)/t68?,69?,70?,71?,72-,73-/m1/s1. The third kappa shape index (κ3) is 66.6. The van der Waals surface area contributed by atoms with Gasteiger partial charge >= 0.3 is 39.5 Å². The van der Waals surface area contributed by atoms with Gasteiger partial charge in [0, 0.05) is 25.7 Å². The molecule has 0 saturated carbocycles. The van der Waals surface area contributed by atoms with E-state index in [-0.39, 0.29) is 25.7 Å². The van der Waals surface area contributed by atoms with Gasteiger partial charge in [0.15, 0.2) is 12.2 Å². The van der Waals surface area contributed by atoms with Crippen LogP contribution in [0, 0.1) is 23.7 Å². The molecule has 570 valence electrons. The van der Waals surface area contributed by atoms with Crippen LogP contribution in [0.1, 0.15) is 389 Å². The van der Waals surface area contributed by atoms with Gasteiger partial charge in [-0.25, -0.2) is 9.13 Å². The van der Waals surface area contributed by atoms with Crippen LogP contribution in [0.2, 0.25) is 0 Å². The smallest absolute Gasteiger partial charge is 0.462 e. The Bertz CT molecular complexity index is 1890. The molecular formula is C77H150O17P2. The van der Waals surface area contributed by atoms with Gasteiger partial charge in [0.2, 0.25) is 0 Å². The molecule has 0 aliphatic heterocycles. The third-order valence-electron chi connectivity index (χ3n) is 18.9. The Kier molecular flexibility index (Phi) is 65.0. The molecule has 0 radical (unpaired) electrons. The zero-order valence-electron chi connectivity index (χ0n) is 63.0. The highest BCUT2D eigenvalue weighted by molar-refractivity contribution is 7.47. The van der Waals surface area contributed by atoms with Crippen molar-refractivity contribution < 1.29 is 80.2 Å². The minimum atomic E-state index is -4.96. The number of rotatable bonds is 74. The maximum Gasteiger partial charge on any atom is 0.472 e. The number of aliphatic hydroxyl groups is 1. The lowest BCUT2D eigenvalue weighted by Gasteiger charge is -2.21. The molecule has 0 aromatic carbocycles. The van der Waals surface area contributed by atoms with Crippen LogP contribution in [-0.2, 0) is 65.4 Å². The first-order valence-corrected chi connectivity index (χ1v) is 42.8. The molecule has 0 aromatic rings. The molecular weight excluding hydrogens is 1260 g/mol. The lowest BCUT2D eigenvalue weighted by molar-refractivity contribution is -0.161. The predicted molar refractivity (Wildman–Crippen MR) is 391 cm³/mol. The quantitative estimate of drug-likeness (QED) is 0.0222. The van der Waals surface area contributed by atoms with Gasteiger partial charge in [-0.3, -0.25) is 37.3 Å². The second-order valence-electron chi connectivity index (χ2n) is 28.9. The fourth-order valence-corrected chi connectivity index (χ4v) is 13.2. The van der Waals surface area contributed by atoms with Crippen LogP contribution in [-0.4, -0.2) is 96.7 Å². The second-order valence-corrected chi connectivity index (χ2v) is 31.9. The van der Waals surface area contributed by atoms with Crippen LogP contribution in [0.3, 0.4) is 0 Å². The molecule has 8 atom stereocenters. The number of carbonyl (C=O) groups excluding carboxylic acids is 4. The summed E-state index contributed by atoms with van der Waals surface area (Å²) < 4.78 is 68.5. The highest BCUT2D eigenvalue weighted by atomic mass is 31.2. The van der Waals surface area contributed by atoms with E-state index in [1.54, 1.807) is 0 Å². The number of hydrogen-bond acceptors (Lipinski definition) is 15. The van der Waals surface area contributed by atoms with E-state index in [0.717, 1.165) is 120 Å². The lowest BCUT2D eigenvalue weighted by Crippen LogP contribution is -2.30. The molecule has 17 nitrogen and oxygen atoms in total. The first-order valence-electron chi connectivity index (χ1n) is 39.8. The lowest BCUT2D eigenvalue weighted by atomic mass is 9.99. The van der Waals surface area contributed by atoms with Crippen molar-refractivity contribution in [2.45, 2.75) is 408 Å². The Morgan fingerprint density at radius 1 is 0.292 bits per heavy atom. The molecule has 0 aliphatic carbocycles. The summed E-state index contributed by atoms with van der Waals surface area (Å²) in [6.45, 7) is 14.2. The van der Waals surface area contributed by atoms with Crippen LogP contribution in [0.15, 0.2) is 0 Å². The van der Waals surface area contributed by atoms with Gasteiger partial charge in [-0.15, -0.1) is 0 Å². The summed E-state index contributed by atoms with van der Waals surface area (Å²) in [4.78, 5) is 72.8. The van der Waals surface area contributed by atoms with E-state index in [1.807, 2.05) is 0 Å². The molecule has 0 rings (SSSR count). The topological polar surface area (TPSA) is 237 Å². The highest BCUT2D eigenvalue weighted by Gasteiger charge is 2.30. The molecule has 96 heavy (non-hydrogen) atoms. The molecule has 0 heterocycles. The van der Waals surface area contributed by atoms with Crippen molar-refractivity contribution in [3.63, 3.8) is 0 Å². The number of phosphoric ester groups is 2. The Balaban J connectivity index is 5.17. The van der Waals surface area contributed by atoms with E-state index in [4.69, 9.17) is 37.0 Å². The molecule has 0 bridgehead atoms. The van der Waals surface area contributed by atoms with E-state index in [2.05, 4.69) is 55.4 Å². The summed E-state index contributed by atoms with van der Waals surface area (Å²) in [5, 5.41) is 10.6. The minimum absolute atomic E-state index is 0.105. The average molecular weight is 1410 g/mol. The second kappa shape index (κ2) is 66.3. The first-order chi connectivity index (χ1) is 46.2. The molecule has 0 spiro atoms. The van der Waals surface area contributed by atoms with Crippen molar-refractivity contribution in [2.24, 2.45) is 23.7 Å². The van der Waals surface area contributed by atoms with E-state index in [9.17, 15) is 43.2 Å². The highest BCUT2D eigenvalue weighted by Crippen LogP contribution is 2.45. The summed E-state index contributed by atoms with van der Waals surface area (Å²) in [6.07, 6.45) is 51.5. The summed E-state index contributed by atoms with van der Waals surface area (Å²) in [5.41, 5.74) is 0. The molecule has 0 aliphatic rings. The van der Waals surface area contributed by atoms with Gasteiger partial charge in [0.25, 0.3) is 0 Å². The SMILES string of the molecule is CCC(C)CCCCCCCCCCCCCCCCCCCCC(=O)O[C@H](COC(=O)CCCCCCCCCC(C)C)COP(=O)(O)OCC(O)COP(=O)(O)OC[C@@H](COC(=O)CCCCCCCCC(C)CC)OC(=O)CCCCCCCCCCCCC(C)CC. The number of carbonyl (C=O) groups is 4. The van der Waals surface area contributed by atoms with Gasteiger partial charge < -0.3 is 33.8 Å². The van der Waals surface area contributed by atoms with Gasteiger partial charge in [-0.1, -0.05) is 338 Å². The normalized spacial score (nSPS) is 15.0. The number of aliphatic hydroxyl groups excluding tert-OH is 1. The minimum Gasteiger partial charge on any atom is -0.462 e. The van der Waals surface area contributed by atoms with Crippen molar-refractivity contribution in [1.82, 2.24) is 0 Å². The van der Waals surface area contributed by atoms with Crippen LogP contribution in [0.5, 0.6) is 0 Å². The van der Waals surface area contributed by atoms with E-state index in [1.165, 1.54) is 180 Å². The number of phosphoric acid groups is 2. The monoisotopic (exact) mass is 1410 g/mol. The van der Waals surface area contributed by atoms with Gasteiger partial charge in [-0.2, -0.15) is 0 Å². The van der Waals surface area contributed by atoms with Crippen molar-refractivity contribution in [2.75, 3.05) is 39.6 Å². The van der Waals surface area contributed by atoms with Gasteiger partial charge in [0.1, 0.15) is 19.3 Å². The van der Waals surface area contributed by atoms with Crippen LogP contribution in [0.4, 0.5) is 0 Å². The Labute approximate surface area is 588 Å². The number of ether oxygens (including phenoxy) is 4. The zero-order chi connectivity index (χ0) is 71.0. The summed E-state index contributed by atoms with van der Waals surface area (Å²) in [6, 6.07) is 0. The molecule has 0 aromatic heterocycles. The fraction of sp³-hybridized carbons (Fsp3) is 0.948. The molecule has 0 amide bonds. The van der Waals surface area contributed by atoms with Crippen molar-refractivity contribution in [1.29, 1.82) is 0 Å². The van der Waals surface area contributed by atoms with Crippen molar-refractivity contribution in [3.05, 3.63) is 0 Å². The number of hydrogen-bond donors (Lipinski definition) is 3. The predicted octanol–water partition coefficient (Wildman–Crippen LogP) is 22.4. The summed E-state index contributed by atoms with van der Waals surface area (Å²) in [5.74, 6) is 0.987. The Morgan fingerprint density at radius 3 is 0.740 bits per heavy atom. The van der Waals surface area contributed by atoms with Crippen LogP contribution < -0.4 is 0 Å². The number of unbranched alkanes of at least 4 members (excludes halogenated alkanes) is 37. The Morgan fingerprint density at radius 2 is 0.500 bits per heavy atom. The largest absolute Gasteiger partial charge is 0.472 e. The Hall–Kier alpha value is -1.94. The molecule has 6 unspecified atom stereocenters. The maximum absolute atomic E-state index is 13.1. The van der Waals surface area contributed by atoms with Crippen molar-refractivity contribution >= 4 is 39.5 Å².